The van der Waals surface area contributed by atoms with Gasteiger partial charge in [-0.2, -0.15) is 0 Å². The second-order valence-corrected chi connectivity index (χ2v) is 15.6. The third-order valence-electron chi connectivity index (χ3n) is 11.1. The highest BCUT2D eigenvalue weighted by Gasteiger charge is 2.19. The Hall–Kier alpha value is -7.89. The summed E-state index contributed by atoms with van der Waals surface area (Å²) in [6.45, 7) is 0. The minimum Gasteiger partial charge on any atom is -0.311 e. The molecule has 11 rings (SSSR count). The minimum absolute atomic E-state index is 0.614. The van der Waals surface area contributed by atoms with Crippen molar-refractivity contribution < 1.29 is 0 Å². The van der Waals surface area contributed by atoms with Gasteiger partial charge in [0.05, 0.1) is 11.0 Å². The third kappa shape index (κ3) is 7.03. The first-order valence-corrected chi connectivity index (χ1v) is 21.0. The van der Waals surface area contributed by atoms with Gasteiger partial charge < -0.3 is 4.57 Å². The lowest BCUT2D eigenvalue weighted by Gasteiger charge is -2.12. The van der Waals surface area contributed by atoms with Gasteiger partial charge in [-0.3, -0.25) is 0 Å². The van der Waals surface area contributed by atoms with E-state index in [-0.39, 0.29) is 0 Å². The molecule has 0 aliphatic rings. The Kier molecular flexibility index (Phi) is 9.55. The molecule has 0 unspecified atom stereocenters. The number of nitrogens with zero attached hydrogens (tertiary/aromatic N) is 7. The highest BCUT2D eigenvalue weighted by atomic mass is 27.0. The molecule has 11 aromatic rings. The summed E-state index contributed by atoms with van der Waals surface area (Å²) in [5, 5.41) is 2.22. The van der Waals surface area contributed by atoms with Crippen LogP contribution in [0.1, 0.15) is 0 Å². The van der Waals surface area contributed by atoms with Crippen molar-refractivity contribution in [1.82, 2.24) is 34.5 Å². The Balaban J connectivity index is 1.04. The molecular weight excluding hydrogens is 774 g/mol. The second kappa shape index (κ2) is 15.9. The fraction of sp³-hybridized carbons (Fsp3) is 0. The van der Waals surface area contributed by atoms with Gasteiger partial charge in [0.2, 0.25) is 0 Å². The fourth-order valence-electron chi connectivity index (χ4n) is 7.98. The van der Waals surface area contributed by atoms with E-state index in [0.717, 1.165) is 76.4 Å². The van der Waals surface area contributed by atoms with Crippen LogP contribution in [-0.4, -0.2) is 50.8 Å². The molecule has 0 N–H and O–H groups in total. The van der Waals surface area contributed by atoms with E-state index in [0.29, 0.717) is 34.9 Å². The zero-order valence-electron chi connectivity index (χ0n) is 33.3. The van der Waals surface area contributed by atoms with Crippen LogP contribution in [-0.2, 0) is 0 Å². The molecule has 0 atom stereocenters. The first-order chi connectivity index (χ1) is 30.6. The zero-order valence-corrected chi connectivity index (χ0v) is 34.5. The van der Waals surface area contributed by atoms with Gasteiger partial charge in [-0.15, -0.1) is 4.43 Å². The van der Waals surface area contributed by atoms with Crippen molar-refractivity contribution in [3.63, 3.8) is 0 Å². The van der Waals surface area contributed by atoms with E-state index in [2.05, 4.69) is 106 Å². The predicted molar refractivity (Wildman–Crippen MR) is 251 cm³/mol. The van der Waals surface area contributed by atoms with Crippen molar-refractivity contribution in [2.75, 3.05) is 0 Å². The van der Waals surface area contributed by atoms with Gasteiger partial charge >= 0.3 is 0 Å². The summed E-state index contributed by atoms with van der Waals surface area (Å²) in [5.41, 5.74) is 11.0. The third-order valence-corrected chi connectivity index (χ3v) is 11.6. The molecule has 62 heavy (non-hydrogen) atoms. The number of para-hydroxylation sites is 1. The maximum absolute atomic E-state index is 5.06. The molecule has 2 radical (unpaired) electrons. The smallest absolute Gasteiger partial charge is 0.179 e. The van der Waals surface area contributed by atoms with Gasteiger partial charge in [0, 0.05) is 49.8 Å². The monoisotopic (exact) mass is 807 g/mol. The molecule has 0 saturated carbocycles. The standard InChI is InChI=1S/C54H34N7.Al/c1-6-16-37(17-7-1)49-55-50(38-18-8-2-9-19-38)58-53(57-49)41-28-26-36(27-29-41)42-30-32-47-45(34-42)46-35-43(31-33-48(46)61(47)44-24-14-5-15-25-44)54-59-51(39-20-10-3-11-21-39)56-52(60-54)40-22-12-4-13-23-40;/h1-24,26-35H;. The first kappa shape index (κ1) is 37.1. The van der Waals surface area contributed by atoms with Crippen LogP contribution in [0.5, 0.6) is 0 Å². The molecule has 8 heteroatoms. The van der Waals surface area contributed by atoms with E-state index in [1.54, 1.807) is 0 Å². The lowest BCUT2D eigenvalue weighted by Crippen LogP contribution is -2.11. The summed E-state index contributed by atoms with van der Waals surface area (Å²) in [5.74, 6) is 3.76. The average molecular weight is 808 g/mol. The molecule has 3 heterocycles. The lowest BCUT2D eigenvalue weighted by atomic mass is 10.0. The maximum Gasteiger partial charge on any atom is 0.179 e. The molecule has 8 aromatic carbocycles. The molecular formula is C54H34AlN7. The fourth-order valence-corrected chi connectivity index (χ4v) is 8.32. The van der Waals surface area contributed by atoms with Crippen LogP contribution in [0.15, 0.2) is 206 Å². The van der Waals surface area contributed by atoms with Crippen LogP contribution in [0.25, 0.3) is 107 Å². The molecule has 0 bridgehead atoms. The molecule has 288 valence electrons. The summed E-state index contributed by atoms with van der Waals surface area (Å²) < 4.78 is 3.45. The SMILES string of the molecule is [Al][c]1ccccc1-n1c2ccc(-c3ccc(-c4nc(-c5ccccc5)nc(-c5ccccc5)n4)cc3)cc2c2cc(-c3nc(-c4ccccc4)nc(-c4ccccc4)n3)ccc21. The molecule has 0 spiro atoms. The molecule has 3 aromatic heterocycles. The van der Waals surface area contributed by atoms with E-state index < -0.39 is 0 Å². The van der Waals surface area contributed by atoms with Crippen LogP contribution in [0.3, 0.4) is 0 Å². The highest BCUT2D eigenvalue weighted by molar-refractivity contribution is 6.35. The summed E-state index contributed by atoms with van der Waals surface area (Å²) in [6, 6.07) is 70.5. The van der Waals surface area contributed by atoms with Crippen molar-refractivity contribution in [1.29, 1.82) is 0 Å². The molecule has 0 fully saturated rings. The maximum atomic E-state index is 5.06. The van der Waals surface area contributed by atoms with Crippen molar-refractivity contribution in [3.8, 4) is 85.1 Å². The lowest BCUT2D eigenvalue weighted by molar-refractivity contribution is 1.07. The van der Waals surface area contributed by atoms with Crippen LogP contribution >= 0.6 is 0 Å². The summed E-state index contributed by atoms with van der Waals surface area (Å²) >= 11 is 2.91. The van der Waals surface area contributed by atoms with Gasteiger partial charge in [-0.25, -0.2) is 29.9 Å². The van der Waals surface area contributed by atoms with E-state index in [1.807, 2.05) is 121 Å². The zero-order chi connectivity index (χ0) is 41.4. The van der Waals surface area contributed by atoms with Crippen LogP contribution < -0.4 is 4.43 Å². The van der Waals surface area contributed by atoms with E-state index >= 15 is 0 Å². The van der Waals surface area contributed by atoms with E-state index in [4.69, 9.17) is 29.9 Å². The number of fused-ring (bicyclic) bond motifs is 3. The summed E-state index contributed by atoms with van der Waals surface area (Å²) in [4.78, 5) is 29.8. The van der Waals surface area contributed by atoms with Gasteiger partial charge in [0.1, 0.15) is 0 Å². The quantitative estimate of drug-likeness (QED) is 0.142. The number of hydrogen-bond donors (Lipinski definition) is 0. The molecule has 0 amide bonds. The topological polar surface area (TPSA) is 82.3 Å². The number of hydrogen-bond acceptors (Lipinski definition) is 6. The van der Waals surface area contributed by atoms with Crippen LogP contribution in [0, 0.1) is 0 Å². The van der Waals surface area contributed by atoms with E-state index in [9.17, 15) is 0 Å². The van der Waals surface area contributed by atoms with Crippen molar-refractivity contribution in [2.45, 2.75) is 0 Å². The summed E-state index contributed by atoms with van der Waals surface area (Å²) in [6.07, 6.45) is 0. The normalized spacial score (nSPS) is 11.3. The van der Waals surface area contributed by atoms with E-state index in [1.165, 1.54) is 0 Å². The Morgan fingerprint density at radius 3 is 1.00 bits per heavy atom. The highest BCUT2D eigenvalue weighted by Crippen LogP contribution is 2.37. The Labute approximate surface area is 366 Å². The van der Waals surface area contributed by atoms with Gasteiger partial charge in [-0.05, 0) is 47.5 Å². The second-order valence-electron chi connectivity index (χ2n) is 15.0. The van der Waals surface area contributed by atoms with Crippen molar-refractivity contribution in [3.05, 3.63) is 206 Å². The molecule has 0 saturated heterocycles. The molecule has 7 nitrogen and oxygen atoms in total. The van der Waals surface area contributed by atoms with Gasteiger partial charge in [0.25, 0.3) is 0 Å². The number of aromatic nitrogens is 7. The van der Waals surface area contributed by atoms with Gasteiger partial charge in [-0.1, -0.05) is 170 Å². The van der Waals surface area contributed by atoms with Crippen molar-refractivity contribution in [2.24, 2.45) is 0 Å². The van der Waals surface area contributed by atoms with Gasteiger partial charge in [0.15, 0.2) is 51.2 Å². The number of benzene rings is 8. The molecule has 0 aliphatic carbocycles. The Bertz CT molecular complexity index is 3280. The number of rotatable bonds is 8. The Morgan fingerprint density at radius 2 is 0.581 bits per heavy atom. The summed E-state index contributed by atoms with van der Waals surface area (Å²) in [7, 11) is 0. The average Bonchev–Trinajstić information content (AvgIpc) is 3.67. The predicted octanol–water partition coefficient (Wildman–Crippen LogP) is 11.6. The van der Waals surface area contributed by atoms with Crippen LogP contribution in [0.2, 0.25) is 0 Å². The largest absolute Gasteiger partial charge is 0.311 e. The minimum atomic E-state index is 0.614. The first-order valence-electron chi connectivity index (χ1n) is 20.4. The Morgan fingerprint density at radius 1 is 0.274 bits per heavy atom. The molecule has 0 aliphatic heterocycles. The van der Waals surface area contributed by atoms with Crippen LogP contribution in [0.4, 0.5) is 0 Å². The van der Waals surface area contributed by atoms with Crippen molar-refractivity contribution >= 4 is 42.5 Å².